The van der Waals surface area contributed by atoms with Gasteiger partial charge in [0.2, 0.25) is 17.5 Å². The third-order valence-corrected chi connectivity index (χ3v) is 10.8. The summed E-state index contributed by atoms with van der Waals surface area (Å²) in [5.41, 5.74) is 1.21. The number of amides is 2. The normalized spacial score (nSPS) is 29.0. The van der Waals surface area contributed by atoms with Crippen molar-refractivity contribution in [2.45, 2.75) is 94.1 Å². The molecule has 2 amide bonds. The second kappa shape index (κ2) is 14.5. The predicted octanol–water partition coefficient (Wildman–Crippen LogP) is 4.25. The third-order valence-electron chi connectivity index (χ3n) is 10.6. The van der Waals surface area contributed by atoms with Crippen LogP contribution in [0, 0.1) is 18.7 Å². The summed E-state index contributed by atoms with van der Waals surface area (Å²) in [6.45, 7) is 3.92. The second-order valence-corrected chi connectivity index (χ2v) is 14.8. The van der Waals surface area contributed by atoms with E-state index in [1.807, 2.05) is 6.92 Å². The molecule has 3 aromatic rings. The van der Waals surface area contributed by atoms with Crippen LogP contribution in [0.25, 0.3) is 5.82 Å². The lowest BCUT2D eigenvalue weighted by Gasteiger charge is -2.36. The molecule has 2 saturated carbocycles. The van der Waals surface area contributed by atoms with E-state index in [-0.39, 0.29) is 29.2 Å². The molecule has 3 aliphatic heterocycles. The summed E-state index contributed by atoms with van der Waals surface area (Å²) in [5, 5.41) is 12.5. The maximum Gasteiger partial charge on any atom is 0.407 e. The number of carbonyl (C=O) groups is 2. The van der Waals surface area contributed by atoms with Crippen molar-refractivity contribution in [3.8, 4) is 5.82 Å². The summed E-state index contributed by atoms with van der Waals surface area (Å²) in [4.78, 5) is 51.8. The van der Waals surface area contributed by atoms with Crippen LogP contribution >= 0.6 is 11.6 Å². The number of nitrogens with one attached hydrogen (secondary N) is 4. The van der Waals surface area contributed by atoms with Crippen molar-refractivity contribution >= 4 is 29.5 Å². The summed E-state index contributed by atoms with van der Waals surface area (Å²) in [7, 11) is 0. The van der Waals surface area contributed by atoms with Crippen molar-refractivity contribution in [3.05, 3.63) is 64.6 Å². The van der Waals surface area contributed by atoms with Crippen LogP contribution in [-0.2, 0) is 24.0 Å². The minimum Gasteiger partial charge on any atom is -0.446 e. The standard InChI is InChI=1S/C35H42ClFN8O7/c1-20-15-39-32(42-25-4-7-48-8-5-25)44-30(20)45-18-29(41-19-45)31(46)43-28(21-9-23(36)12-24(37)10-21)17-40-33(47)49-27-3-2-6-34(14-27)50-35(52-51-34)13-26-11-22(35)16-38-26/h9-10,12,15,18-19,22,25-28,38H,2-8,11,13-14,16-17H2,1H3,(H,40,47)(H,43,46)(H,39,42,44)/t22?,26?,27-,28-,34-,35?/m1/s1. The summed E-state index contributed by atoms with van der Waals surface area (Å²) >= 11 is 6.18. The van der Waals surface area contributed by atoms with E-state index < -0.39 is 41.5 Å². The fourth-order valence-corrected chi connectivity index (χ4v) is 8.17. The van der Waals surface area contributed by atoms with Crippen LogP contribution in [0.5, 0.6) is 0 Å². The number of hydrogen-bond acceptors (Lipinski definition) is 12. The lowest BCUT2D eigenvalue weighted by atomic mass is 9.91. The van der Waals surface area contributed by atoms with Gasteiger partial charge in [-0.15, -0.1) is 0 Å². The molecule has 17 heteroatoms. The Balaban J connectivity index is 0.913. The molecule has 5 heterocycles. The van der Waals surface area contributed by atoms with Crippen LogP contribution in [0.15, 0.2) is 36.9 Å². The number of carbonyl (C=O) groups excluding carboxylic acids is 2. The highest BCUT2D eigenvalue weighted by atomic mass is 35.5. The van der Waals surface area contributed by atoms with Crippen molar-refractivity contribution in [3.63, 3.8) is 0 Å². The van der Waals surface area contributed by atoms with E-state index in [0.29, 0.717) is 55.8 Å². The minimum absolute atomic E-state index is 0.0855. The fraction of sp³-hybridized carbons (Fsp3) is 0.571. The van der Waals surface area contributed by atoms with Gasteiger partial charge in [-0.3, -0.25) is 9.36 Å². The van der Waals surface area contributed by atoms with E-state index in [1.54, 1.807) is 17.0 Å². The van der Waals surface area contributed by atoms with Crippen LogP contribution in [0.2, 0.25) is 5.02 Å². The van der Waals surface area contributed by atoms with E-state index in [9.17, 15) is 14.0 Å². The van der Waals surface area contributed by atoms with Gasteiger partial charge in [0.15, 0.2) is 0 Å². The molecule has 1 aromatic carbocycles. The number of nitrogens with zero attached hydrogens (tertiary/aromatic N) is 4. The molecule has 3 unspecified atom stereocenters. The number of fused-ring (bicyclic) bond motifs is 3. The fourth-order valence-electron chi connectivity index (χ4n) is 7.94. The molecule has 5 aliphatic rings. The van der Waals surface area contributed by atoms with Crippen molar-refractivity contribution < 1.29 is 38.0 Å². The predicted molar refractivity (Wildman–Crippen MR) is 183 cm³/mol. The quantitative estimate of drug-likeness (QED) is 0.230. The first-order valence-electron chi connectivity index (χ1n) is 17.9. The van der Waals surface area contributed by atoms with Crippen LogP contribution < -0.4 is 21.3 Å². The Morgan fingerprint density at radius 1 is 1.17 bits per heavy atom. The summed E-state index contributed by atoms with van der Waals surface area (Å²) in [6.07, 6.45) is 9.28. The molecule has 52 heavy (non-hydrogen) atoms. The summed E-state index contributed by atoms with van der Waals surface area (Å²) < 4.78 is 33.9. The Morgan fingerprint density at radius 2 is 2.04 bits per heavy atom. The van der Waals surface area contributed by atoms with Gasteiger partial charge in [0, 0.05) is 86.5 Å². The Bertz CT molecular complexity index is 1790. The molecule has 4 N–H and O–H groups in total. The first-order chi connectivity index (χ1) is 25.1. The number of benzene rings is 1. The van der Waals surface area contributed by atoms with E-state index in [0.717, 1.165) is 50.3 Å². The van der Waals surface area contributed by atoms with Gasteiger partial charge in [-0.05, 0) is 62.8 Å². The highest BCUT2D eigenvalue weighted by molar-refractivity contribution is 6.30. The van der Waals surface area contributed by atoms with Crippen LogP contribution in [-0.4, -0.2) is 87.6 Å². The van der Waals surface area contributed by atoms with E-state index >= 15 is 0 Å². The van der Waals surface area contributed by atoms with Crippen LogP contribution in [0.1, 0.15) is 79.0 Å². The van der Waals surface area contributed by atoms with Crippen molar-refractivity contribution in [2.24, 2.45) is 5.92 Å². The number of halogens is 2. The van der Waals surface area contributed by atoms with Gasteiger partial charge in [0.1, 0.15) is 29.8 Å². The smallest absolute Gasteiger partial charge is 0.407 e. The Morgan fingerprint density at radius 3 is 2.83 bits per heavy atom. The van der Waals surface area contributed by atoms with Gasteiger partial charge in [-0.25, -0.2) is 19.2 Å². The van der Waals surface area contributed by atoms with Gasteiger partial charge in [-0.2, -0.15) is 14.8 Å². The Hall–Kier alpha value is -3.93. The minimum atomic E-state index is -0.973. The van der Waals surface area contributed by atoms with Gasteiger partial charge in [0.25, 0.3) is 5.91 Å². The van der Waals surface area contributed by atoms with Gasteiger partial charge in [-0.1, -0.05) is 11.6 Å². The highest BCUT2D eigenvalue weighted by Gasteiger charge is 2.63. The molecule has 2 spiro atoms. The van der Waals surface area contributed by atoms with Crippen LogP contribution in [0.4, 0.5) is 15.1 Å². The zero-order chi connectivity index (χ0) is 35.9. The molecule has 15 nitrogen and oxygen atoms in total. The van der Waals surface area contributed by atoms with E-state index in [1.165, 1.54) is 18.5 Å². The number of aromatic nitrogens is 4. The third kappa shape index (κ3) is 7.45. The highest BCUT2D eigenvalue weighted by Crippen LogP contribution is 2.53. The number of anilines is 1. The Labute approximate surface area is 304 Å². The average molecular weight is 741 g/mol. The van der Waals surface area contributed by atoms with Crippen molar-refractivity contribution in [1.82, 2.24) is 35.5 Å². The average Bonchev–Trinajstić information content (AvgIpc) is 3.93. The molecule has 5 fully saturated rings. The van der Waals surface area contributed by atoms with Gasteiger partial charge >= 0.3 is 6.09 Å². The summed E-state index contributed by atoms with van der Waals surface area (Å²) in [6, 6.07) is 3.61. The molecule has 278 valence electrons. The molecule has 3 saturated heterocycles. The Kier molecular flexibility index (Phi) is 9.78. The number of aryl methyl sites for hydroxylation is 1. The number of rotatable bonds is 9. The van der Waals surface area contributed by atoms with Crippen LogP contribution in [0.3, 0.4) is 0 Å². The lowest BCUT2D eigenvalue weighted by molar-refractivity contribution is -0.362. The zero-order valence-corrected chi connectivity index (χ0v) is 29.5. The molecule has 8 rings (SSSR count). The first-order valence-corrected chi connectivity index (χ1v) is 18.3. The van der Waals surface area contributed by atoms with Gasteiger partial charge < -0.3 is 35.5 Å². The van der Waals surface area contributed by atoms with E-state index in [2.05, 4.69) is 36.2 Å². The number of hydrogen-bond donors (Lipinski definition) is 4. The number of ether oxygens (including phenoxy) is 3. The second-order valence-electron chi connectivity index (χ2n) is 14.4. The molecular weight excluding hydrogens is 699 g/mol. The number of piperidine rings is 1. The topological polar surface area (TPSA) is 172 Å². The van der Waals surface area contributed by atoms with Crippen molar-refractivity contribution in [2.75, 3.05) is 31.6 Å². The number of imidazole rings is 1. The molecule has 2 bridgehead atoms. The maximum atomic E-state index is 14.5. The number of alkyl carbamates (subject to hydrolysis) is 1. The monoisotopic (exact) mass is 740 g/mol. The maximum absolute atomic E-state index is 14.5. The van der Waals surface area contributed by atoms with Crippen molar-refractivity contribution in [1.29, 1.82) is 0 Å². The molecule has 2 aromatic heterocycles. The zero-order valence-electron chi connectivity index (χ0n) is 28.7. The largest absolute Gasteiger partial charge is 0.446 e. The van der Waals surface area contributed by atoms with E-state index in [4.69, 9.17) is 35.6 Å². The van der Waals surface area contributed by atoms with Gasteiger partial charge in [0.05, 0.1) is 6.04 Å². The lowest BCUT2D eigenvalue weighted by Crippen LogP contribution is -2.48. The summed E-state index contributed by atoms with van der Waals surface area (Å²) in [5.74, 6) is -1.64. The first kappa shape index (κ1) is 35.1. The molecule has 0 radical (unpaired) electrons. The molecule has 6 atom stereocenters. The molecular formula is C35H42ClFN8O7. The SMILES string of the molecule is Cc1cnc(NC2CCOCC2)nc1-n1cnc(C(=O)N[C@H](CNC(=O)O[C@@H]2CCC[C@]3(C2)OOC2(CC4CC2CN4)O3)c2cc(F)cc(Cl)c2)c1. The molecule has 2 aliphatic carbocycles.